The molecule has 0 aliphatic rings. The Labute approximate surface area is 110 Å². The summed E-state index contributed by atoms with van der Waals surface area (Å²) in [6, 6.07) is 6.89. The number of nitrogens with one attached hydrogen (secondary N) is 2. The van der Waals surface area contributed by atoms with Crippen molar-refractivity contribution in [1.82, 2.24) is 10.3 Å². The molecule has 0 fully saturated rings. The molecule has 0 spiro atoms. The lowest BCUT2D eigenvalue weighted by molar-refractivity contribution is 0.0965. The highest BCUT2D eigenvalue weighted by atomic mass is 16.3. The summed E-state index contributed by atoms with van der Waals surface area (Å²) < 4.78 is 0. The predicted molar refractivity (Wildman–Crippen MR) is 71.9 cm³/mol. The Hall–Kier alpha value is -2.18. The van der Waals surface area contributed by atoms with E-state index < -0.39 is 12.1 Å². The van der Waals surface area contributed by atoms with Crippen LogP contribution < -0.4 is 10.6 Å². The summed E-state index contributed by atoms with van der Waals surface area (Å²) in [7, 11) is 0. The highest BCUT2D eigenvalue weighted by Gasteiger charge is 2.07. The van der Waals surface area contributed by atoms with Gasteiger partial charge >= 0.3 is 6.03 Å². The molecule has 0 bridgehead atoms. The largest absolute Gasteiger partial charge is 0.394 e. The molecule has 2 aromatic rings. The van der Waals surface area contributed by atoms with Gasteiger partial charge in [-0.2, -0.15) is 0 Å². The van der Waals surface area contributed by atoms with E-state index in [9.17, 15) is 4.79 Å². The molecule has 0 radical (unpaired) electrons. The summed E-state index contributed by atoms with van der Waals surface area (Å²) in [6.07, 6.45) is 2.41. The molecule has 6 nitrogen and oxygen atoms in total. The second-order valence-corrected chi connectivity index (χ2v) is 4.07. The Morgan fingerprint density at radius 2 is 2.21 bits per heavy atom. The molecule has 19 heavy (non-hydrogen) atoms. The number of fused-ring (bicyclic) bond motifs is 1. The van der Waals surface area contributed by atoms with Gasteiger partial charge < -0.3 is 20.8 Å². The number of hydrogen-bond acceptors (Lipinski definition) is 4. The maximum absolute atomic E-state index is 11.6. The van der Waals surface area contributed by atoms with Crippen LogP contribution >= 0.6 is 0 Å². The summed E-state index contributed by atoms with van der Waals surface area (Å²) in [5.74, 6) is 0. The van der Waals surface area contributed by atoms with E-state index in [1.165, 1.54) is 0 Å². The van der Waals surface area contributed by atoms with Gasteiger partial charge in [-0.3, -0.25) is 4.98 Å². The Balaban J connectivity index is 2.07. The average molecular weight is 261 g/mol. The minimum Gasteiger partial charge on any atom is -0.394 e. The van der Waals surface area contributed by atoms with Crippen molar-refractivity contribution in [3.05, 3.63) is 36.7 Å². The number of benzene rings is 1. The molecule has 1 atom stereocenters. The van der Waals surface area contributed by atoms with Gasteiger partial charge in [0.25, 0.3) is 0 Å². The molecular weight excluding hydrogens is 246 g/mol. The number of carbonyl (C=O) groups is 1. The van der Waals surface area contributed by atoms with Gasteiger partial charge in [0.1, 0.15) is 0 Å². The summed E-state index contributed by atoms with van der Waals surface area (Å²) in [5, 5.41) is 24.8. The van der Waals surface area contributed by atoms with E-state index in [-0.39, 0.29) is 13.2 Å². The molecule has 2 amide bonds. The van der Waals surface area contributed by atoms with E-state index in [0.717, 1.165) is 10.8 Å². The average Bonchev–Trinajstić information content (AvgIpc) is 2.45. The van der Waals surface area contributed by atoms with Crippen molar-refractivity contribution in [2.45, 2.75) is 6.10 Å². The second kappa shape index (κ2) is 6.12. The number of aliphatic hydroxyl groups is 2. The number of aliphatic hydroxyl groups excluding tert-OH is 2. The third-order valence-corrected chi connectivity index (χ3v) is 2.64. The van der Waals surface area contributed by atoms with Crippen molar-refractivity contribution in [2.75, 3.05) is 18.5 Å². The number of aromatic nitrogens is 1. The first kappa shape index (κ1) is 13.3. The van der Waals surface area contributed by atoms with E-state index in [1.54, 1.807) is 18.5 Å². The van der Waals surface area contributed by atoms with Crippen molar-refractivity contribution in [3.63, 3.8) is 0 Å². The number of rotatable bonds is 4. The quantitative estimate of drug-likeness (QED) is 0.652. The molecule has 0 aliphatic carbocycles. The first-order chi connectivity index (χ1) is 9.20. The van der Waals surface area contributed by atoms with Crippen LogP contribution in [0.3, 0.4) is 0 Å². The van der Waals surface area contributed by atoms with Crippen LogP contribution in [0.5, 0.6) is 0 Å². The third-order valence-electron chi connectivity index (χ3n) is 2.64. The van der Waals surface area contributed by atoms with E-state index in [0.29, 0.717) is 5.69 Å². The van der Waals surface area contributed by atoms with Crippen molar-refractivity contribution in [2.24, 2.45) is 0 Å². The van der Waals surface area contributed by atoms with Crippen LogP contribution in [0, 0.1) is 0 Å². The monoisotopic (exact) mass is 261 g/mol. The lowest BCUT2D eigenvalue weighted by Gasteiger charge is -2.11. The van der Waals surface area contributed by atoms with Crippen molar-refractivity contribution in [1.29, 1.82) is 0 Å². The van der Waals surface area contributed by atoms with Gasteiger partial charge in [-0.1, -0.05) is 12.1 Å². The standard InChI is InChI=1S/C13H15N3O3/c17-8-10(18)7-15-13(19)16-12-3-1-2-9-6-14-5-4-11(9)12/h1-6,10,17-18H,7-8H2,(H2,15,16,19)/t10-/m0/s1. The summed E-state index contributed by atoms with van der Waals surface area (Å²) in [4.78, 5) is 15.7. The Morgan fingerprint density at radius 3 is 3.00 bits per heavy atom. The summed E-state index contributed by atoms with van der Waals surface area (Å²) >= 11 is 0. The number of amides is 2. The van der Waals surface area contributed by atoms with Crippen LogP contribution in [0.15, 0.2) is 36.7 Å². The Morgan fingerprint density at radius 1 is 1.37 bits per heavy atom. The SMILES string of the molecule is O=C(NC[C@H](O)CO)Nc1cccc2cnccc12. The molecule has 0 saturated carbocycles. The van der Waals surface area contributed by atoms with Gasteiger partial charge in [0.2, 0.25) is 0 Å². The van der Waals surface area contributed by atoms with Gasteiger partial charge in [-0.25, -0.2) is 4.79 Å². The molecule has 1 heterocycles. The Kier molecular flexibility index (Phi) is 4.27. The van der Waals surface area contributed by atoms with Crippen LogP contribution in [-0.2, 0) is 0 Å². The first-order valence-corrected chi connectivity index (χ1v) is 5.87. The van der Waals surface area contributed by atoms with E-state index in [4.69, 9.17) is 10.2 Å². The van der Waals surface area contributed by atoms with Crippen molar-refractivity contribution < 1.29 is 15.0 Å². The highest BCUT2D eigenvalue weighted by molar-refractivity contribution is 6.01. The molecule has 4 N–H and O–H groups in total. The molecule has 6 heteroatoms. The maximum Gasteiger partial charge on any atom is 0.319 e. The fraction of sp³-hybridized carbons (Fsp3) is 0.231. The minimum absolute atomic E-state index is 0.00530. The fourth-order valence-electron chi connectivity index (χ4n) is 1.67. The summed E-state index contributed by atoms with van der Waals surface area (Å²) in [6.45, 7) is -0.394. The lowest BCUT2D eigenvalue weighted by Crippen LogP contribution is -2.36. The normalized spacial score (nSPS) is 12.1. The smallest absolute Gasteiger partial charge is 0.319 e. The fourth-order valence-corrected chi connectivity index (χ4v) is 1.67. The van der Waals surface area contributed by atoms with Gasteiger partial charge in [0, 0.05) is 29.7 Å². The molecule has 0 unspecified atom stereocenters. The van der Waals surface area contributed by atoms with E-state index in [2.05, 4.69) is 15.6 Å². The second-order valence-electron chi connectivity index (χ2n) is 4.07. The van der Waals surface area contributed by atoms with Crippen molar-refractivity contribution in [3.8, 4) is 0 Å². The molecule has 0 aliphatic heterocycles. The molecule has 2 rings (SSSR count). The van der Waals surface area contributed by atoms with Gasteiger partial charge in [-0.15, -0.1) is 0 Å². The topological polar surface area (TPSA) is 94.5 Å². The zero-order chi connectivity index (χ0) is 13.7. The van der Waals surface area contributed by atoms with Crippen molar-refractivity contribution >= 4 is 22.5 Å². The molecular formula is C13H15N3O3. The van der Waals surface area contributed by atoms with Crippen LogP contribution in [-0.4, -0.2) is 40.5 Å². The molecule has 0 saturated heterocycles. The minimum atomic E-state index is -0.956. The van der Waals surface area contributed by atoms with Crippen LogP contribution in [0.25, 0.3) is 10.8 Å². The van der Waals surface area contributed by atoms with E-state index in [1.807, 2.05) is 18.2 Å². The molecule has 100 valence electrons. The summed E-state index contributed by atoms with van der Waals surface area (Å²) in [5.41, 5.74) is 0.663. The first-order valence-electron chi connectivity index (χ1n) is 5.87. The zero-order valence-electron chi connectivity index (χ0n) is 10.2. The molecule has 1 aromatic heterocycles. The van der Waals surface area contributed by atoms with Gasteiger partial charge in [0.05, 0.1) is 18.4 Å². The van der Waals surface area contributed by atoms with Crippen LogP contribution in [0.2, 0.25) is 0 Å². The van der Waals surface area contributed by atoms with Crippen LogP contribution in [0.4, 0.5) is 10.5 Å². The number of carbonyl (C=O) groups excluding carboxylic acids is 1. The van der Waals surface area contributed by atoms with Gasteiger partial charge in [0.15, 0.2) is 0 Å². The number of pyridine rings is 1. The highest BCUT2D eigenvalue weighted by Crippen LogP contribution is 2.21. The number of urea groups is 1. The van der Waals surface area contributed by atoms with E-state index >= 15 is 0 Å². The number of anilines is 1. The van der Waals surface area contributed by atoms with Gasteiger partial charge in [-0.05, 0) is 12.1 Å². The Bertz CT molecular complexity index is 569. The molecule has 1 aromatic carbocycles. The third kappa shape index (κ3) is 3.40. The van der Waals surface area contributed by atoms with Crippen LogP contribution in [0.1, 0.15) is 0 Å². The zero-order valence-corrected chi connectivity index (χ0v) is 10.2. The number of nitrogens with zero attached hydrogens (tertiary/aromatic N) is 1. The lowest BCUT2D eigenvalue weighted by atomic mass is 10.1. The number of hydrogen-bond donors (Lipinski definition) is 4. The predicted octanol–water partition coefficient (Wildman–Crippen LogP) is 0.709. The maximum atomic E-state index is 11.6.